The number of nitrogens with zero attached hydrogens (tertiary/aromatic N) is 2. The van der Waals surface area contributed by atoms with Gasteiger partial charge in [0.2, 0.25) is 15.9 Å². The van der Waals surface area contributed by atoms with E-state index in [2.05, 4.69) is 15.1 Å². The smallest absolute Gasteiger partial charge is 0.241 e. The number of anilines is 1. The Hall–Kier alpha value is -2.19. The van der Waals surface area contributed by atoms with E-state index >= 15 is 0 Å². The highest BCUT2D eigenvalue weighted by Crippen LogP contribution is 2.20. The Bertz CT molecular complexity index is 826. The molecule has 1 amide bonds. The van der Waals surface area contributed by atoms with Crippen LogP contribution in [-0.4, -0.2) is 24.1 Å². The fraction of sp³-hybridized carbons (Fsp3) is 0.375. The fourth-order valence-corrected chi connectivity index (χ4v) is 3.63. The third-order valence-electron chi connectivity index (χ3n) is 3.59. The Balaban J connectivity index is 2.17. The number of amides is 1. The minimum atomic E-state index is -3.67. The number of nitrogens with one attached hydrogen (secondary N) is 2. The summed E-state index contributed by atoms with van der Waals surface area (Å²) >= 11 is 0. The maximum absolute atomic E-state index is 12.5. The minimum absolute atomic E-state index is 0.143. The van der Waals surface area contributed by atoms with Crippen LogP contribution in [0.5, 0.6) is 0 Å². The van der Waals surface area contributed by atoms with Crippen molar-refractivity contribution < 1.29 is 13.2 Å². The first-order valence-electron chi connectivity index (χ1n) is 7.67. The predicted molar refractivity (Wildman–Crippen MR) is 92.1 cm³/mol. The van der Waals surface area contributed by atoms with E-state index in [1.165, 1.54) is 19.1 Å². The van der Waals surface area contributed by atoms with Gasteiger partial charge in [-0.1, -0.05) is 0 Å². The molecule has 1 heterocycles. The van der Waals surface area contributed by atoms with E-state index in [1.807, 2.05) is 20.0 Å². The van der Waals surface area contributed by atoms with E-state index in [4.69, 9.17) is 0 Å². The number of carbonyl (C=O) groups excluding carboxylic acids is 1. The molecule has 0 aliphatic carbocycles. The van der Waals surface area contributed by atoms with Crippen LogP contribution in [0.4, 0.5) is 5.69 Å². The van der Waals surface area contributed by atoms with Gasteiger partial charge in [-0.15, -0.1) is 0 Å². The molecule has 1 unspecified atom stereocenters. The molecule has 8 heteroatoms. The van der Waals surface area contributed by atoms with Gasteiger partial charge in [0, 0.05) is 37.0 Å². The monoisotopic (exact) mass is 350 g/mol. The van der Waals surface area contributed by atoms with Gasteiger partial charge in [0.05, 0.1) is 10.6 Å². The van der Waals surface area contributed by atoms with Crippen molar-refractivity contribution in [2.45, 2.75) is 45.2 Å². The molecule has 0 bridgehead atoms. The van der Waals surface area contributed by atoms with Gasteiger partial charge < -0.3 is 5.32 Å². The summed E-state index contributed by atoms with van der Waals surface area (Å²) in [6.45, 7) is 7.74. The highest BCUT2D eigenvalue weighted by molar-refractivity contribution is 7.89. The second kappa shape index (κ2) is 7.14. The second-order valence-corrected chi connectivity index (χ2v) is 7.29. The zero-order valence-electron chi connectivity index (χ0n) is 14.2. The Labute approximate surface area is 142 Å². The first-order valence-corrected chi connectivity index (χ1v) is 9.15. The van der Waals surface area contributed by atoms with Gasteiger partial charge in [-0.25, -0.2) is 13.1 Å². The zero-order chi connectivity index (χ0) is 17.9. The van der Waals surface area contributed by atoms with Gasteiger partial charge >= 0.3 is 0 Å². The third kappa shape index (κ3) is 4.21. The van der Waals surface area contributed by atoms with Crippen molar-refractivity contribution in [3.63, 3.8) is 0 Å². The molecule has 2 N–H and O–H groups in total. The summed E-state index contributed by atoms with van der Waals surface area (Å²) in [5.74, 6) is -0.208. The lowest BCUT2D eigenvalue weighted by Gasteiger charge is -2.14. The molecule has 1 aromatic carbocycles. The van der Waals surface area contributed by atoms with Gasteiger partial charge in [-0.3, -0.25) is 9.48 Å². The standard InChI is InChI=1S/C16H22N4O3S/c1-5-20-10-16(11(2)18-20)12(3)19-24(22,23)15-8-6-14(7-9-15)17-13(4)21/h6-10,12,19H,5H2,1-4H3,(H,17,21). The summed E-state index contributed by atoms with van der Waals surface area (Å²) in [4.78, 5) is 11.1. The molecule has 0 aliphatic rings. The second-order valence-electron chi connectivity index (χ2n) is 5.57. The van der Waals surface area contributed by atoms with Crippen molar-refractivity contribution in [1.82, 2.24) is 14.5 Å². The molecule has 0 saturated heterocycles. The van der Waals surface area contributed by atoms with E-state index in [0.717, 1.165) is 17.8 Å². The summed E-state index contributed by atoms with van der Waals surface area (Å²) in [6, 6.07) is 5.64. The maximum Gasteiger partial charge on any atom is 0.241 e. The van der Waals surface area contributed by atoms with Gasteiger partial charge in [0.25, 0.3) is 0 Å². The summed E-state index contributed by atoms with van der Waals surface area (Å²) in [6.07, 6.45) is 1.85. The third-order valence-corrected chi connectivity index (χ3v) is 5.15. The number of sulfonamides is 1. The Morgan fingerprint density at radius 1 is 1.29 bits per heavy atom. The average Bonchev–Trinajstić information content (AvgIpc) is 2.88. The summed E-state index contributed by atoms with van der Waals surface area (Å²) < 4.78 is 29.5. The van der Waals surface area contributed by atoms with Crippen molar-refractivity contribution in [2.75, 3.05) is 5.32 Å². The number of hydrogen-bond donors (Lipinski definition) is 2. The molecular formula is C16H22N4O3S. The van der Waals surface area contributed by atoms with Gasteiger partial charge in [-0.05, 0) is 45.0 Å². The SMILES string of the molecule is CCn1cc(C(C)NS(=O)(=O)c2ccc(NC(C)=O)cc2)c(C)n1. The summed E-state index contributed by atoms with van der Waals surface area (Å²) in [5.41, 5.74) is 2.19. The Kier molecular flexibility index (Phi) is 5.40. The quantitative estimate of drug-likeness (QED) is 0.835. The minimum Gasteiger partial charge on any atom is -0.326 e. The molecule has 0 fully saturated rings. The molecular weight excluding hydrogens is 328 g/mol. The Morgan fingerprint density at radius 3 is 2.42 bits per heavy atom. The number of carbonyl (C=O) groups is 1. The van der Waals surface area contributed by atoms with Crippen molar-refractivity contribution in [2.24, 2.45) is 0 Å². The lowest BCUT2D eigenvalue weighted by molar-refractivity contribution is -0.114. The number of aryl methyl sites for hydroxylation is 2. The molecule has 2 aromatic rings. The van der Waals surface area contributed by atoms with Crippen LogP contribution in [0.3, 0.4) is 0 Å². The first kappa shape index (κ1) is 18.2. The van der Waals surface area contributed by atoms with Crippen molar-refractivity contribution >= 4 is 21.6 Å². The van der Waals surface area contributed by atoms with Crippen molar-refractivity contribution in [1.29, 1.82) is 0 Å². The van der Waals surface area contributed by atoms with Gasteiger partial charge in [0.15, 0.2) is 0 Å². The molecule has 2 rings (SSSR count). The largest absolute Gasteiger partial charge is 0.326 e. The molecule has 1 atom stereocenters. The molecule has 7 nitrogen and oxygen atoms in total. The van der Waals surface area contributed by atoms with Crippen LogP contribution in [0.1, 0.15) is 38.1 Å². The van der Waals surface area contributed by atoms with Crippen LogP contribution in [0, 0.1) is 6.92 Å². The lowest BCUT2D eigenvalue weighted by atomic mass is 10.1. The average molecular weight is 350 g/mol. The highest BCUT2D eigenvalue weighted by atomic mass is 32.2. The van der Waals surface area contributed by atoms with E-state index in [-0.39, 0.29) is 10.8 Å². The topological polar surface area (TPSA) is 93.1 Å². The maximum atomic E-state index is 12.5. The Morgan fingerprint density at radius 2 is 1.92 bits per heavy atom. The van der Waals surface area contributed by atoms with Crippen molar-refractivity contribution in [3.05, 3.63) is 41.7 Å². The highest BCUT2D eigenvalue weighted by Gasteiger charge is 2.21. The van der Waals surface area contributed by atoms with E-state index < -0.39 is 16.1 Å². The molecule has 0 saturated carbocycles. The van der Waals surface area contributed by atoms with E-state index in [9.17, 15) is 13.2 Å². The molecule has 24 heavy (non-hydrogen) atoms. The number of aromatic nitrogens is 2. The summed E-state index contributed by atoms with van der Waals surface area (Å²) in [7, 11) is -3.67. The number of hydrogen-bond acceptors (Lipinski definition) is 4. The van der Waals surface area contributed by atoms with Crippen molar-refractivity contribution in [3.8, 4) is 0 Å². The fourth-order valence-electron chi connectivity index (χ4n) is 2.41. The van der Waals surface area contributed by atoms with Crippen LogP contribution in [0.2, 0.25) is 0 Å². The van der Waals surface area contributed by atoms with Gasteiger partial charge in [0.1, 0.15) is 0 Å². The van der Waals surface area contributed by atoms with Gasteiger partial charge in [-0.2, -0.15) is 5.10 Å². The first-order chi connectivity index (χ1) is 11.2. The van der Waals surface area contributed by atoms with Crippen LogP contribution in [0.15, 0.2) is 35.4 Å². The predicted octanol–water partition coefficient (Wildman–Crippen LogP) is 2.21. The number of benzene rings is 1. The number of rotatable bonds is 6. The molecule has 130 valence electrons. The molecule has 1 aromatic heterocycles. The van der Waals surface area contributed by atoms with E-state index in [1.54, 1.807) is 23.7 Å². The van der Waals surface area contributed by atoms with Crippen LogP contribution in [0.25, 0.3) is 0 Å². The van der Waals surface area contributed by atoms with Crippen LogP contribution >= 0.6 is 0 Å². The van der Waals surface area contributed by atoms with Crippen LogP contribution in [-0.2, 0) is 21.4 Å². The zero-order valence-corrected chi connectivity index (χ0v) is 15.0. The normalized spacial score (nSPS) is 12.8. The molecule has 0 spiro atoms. The summed E-state index contributed by atoms with van der Waals surface area (Å²) in [5, 5.41) is 6.94. The molecule has 0 radical (unpaired) electrons. The van der Waals surface area contributed by atoms with E-state index in [0.29, 0.717) is 5.69 Å². The lowest BCUT2D eigenvalue weighted by Crippen LogP contribution is -2.27. The van der Waals surface area contributed by atoms with Crippen LogP contribution < -0.4 is 10.0 Å². The molecule has 0 aliphatic heterocycles.